The van der Waals surface area contributed by atoms with E-state index < -0.39 is 0 Å². The Balaban J connectivity index is 1.83. The summed E-state index contributed by atoms with van der Waals surface area (Å²) >= 11 is 0. The van der Waals surface area contributed by atoms with Crippen molar-refractivity contribution in [3.63, 3.8) is 0 Å². The molecule has 2 aromatic heterocycles. The predicted molar refractivity (Wildman–Crippen MR) is 69.0 cm³/mol. The fraction of sp³-hybridized carbons (Fsp3) is 0.462. The van der Waals surface area contributed by atoms with E-state index in [0.29, 0.717) is 11.8 Å². The molecule has 1 N–H and O–H groups in total. The smallest absolute Gasteiger partial charge is 0.266 e. The number of hydrogen-bond acceptors (Lipinski definition) is 5. The molecule has 2 aromatic rings. The van der Waals surface area contributed by atoms with Crippen LogP contribution in [-0.4, -0.2) is 28.3 Å². The first-order valence-electron chi connectivity index (χ1n) is 6.34. The van der Waals surface area contributed by atoms with E-state index in [1.54, 1.807) is 6.20 Å². The fourth-order valence-corrected chi connectivity index (χ4v) is 1.61. The summed E-state index contributed by atoms with van der Waals surface area (Å²) < 4.78 is 5.56. The lowest BCUT2D eigenvalue weighted by molar-refractivity contribution is 0.490. The van der Waals surface area contributed by atoms with Crippen LogP contribution in [0.1, 0.15) is 25.7 Å². The fourth-order valence-electron chi connectivity index (χ4n) is 1.61. The summed E-state index contributed by atoms with van der Waals surface area (Å²) in [6, 6.07) is 5.63. The summed E-state index contributed by atoms with van der Waals surface area (Å²) in [6.07, 6.45) is 4.68. The highest BCUT2D eigenvalue weighted by Crippen LogP contribution is 2.14. The van der Waals surface area contributed by atoms with Crippen LogP contribution in [0.4, 0.5) is 0 Å². The Kier molecular flexibility index (Phi) is 4.84. The number of pyridine rings is 1. The van der Waals surface area contributed by atoms with Crippen LogP contribution in [0.5, 0.6) is 0 Å². The standard InChI is InChI=1S/C13H18N4O/c1-2-8-14-9-5-7-12-16-17-13(18-12)11-6-3-4-10-15-11/h3-4,6,10,14H,2,5,7-9H2,1H3. The molecule has 0 unspecified atom stereocenters. The highest BCUT2D eigenvalue weighted by Gasteiger charge is 2.08. The number of nitrogens with zero attached hydrogens (tertiary/aromatic N) is 3. The summed E-state index contributed by atoms with van der Waals surface area (Å²) in [5.74, 6) is 1.17. The molecular formula is C13H18N4O. The van der Waals surface area contributed by atoms with Crippen LogP contribution in [0.2, 0.25) is 0 Å². The highest BCUT2D eigenvalue weighted by molar-refractivity contribution is 5.44. The molecule has 5 nitrogen and oxygen atoms in total. The molecule has 18 heavy (non-hydrogen) atoms. The van der Waals surface area contributed by atoms with Crippen LogP contribution in [0, 0.1) is 0 Å². The summed E-state index contributed by atoms with van der Waals surface area (Å²) in [5.41, 5.74) is 0.723. The third-order valence-electron chi connectivity index (χ3n) is 2.52. The molecule has 0 saturated carbocycles. The molecule has 2 heterocycles. The molecule has 0 fully saturated rings. The lowest BCUT2D eigenvalue weighted by Gasteiger charge is -1.99. The van der Waals surface area contributed by atoms with Crippen molar-refractivity contribution < 1.29 is 4.42 Å². The van der Waals surface area contributed by atoms with Gasteiger partial charge in [-0.3, -0.25) is 4.98 Å². The van der Waals surface area contributed by atoms with Gasteiger partial charge >= 0.3 is 0 Å². The molecular weight excluding hydrogens is 228 g/mol. The molecule has 0 aliphatic heterocycles. The molecule has 0 aromatic carbocycles. The van der Waals surface area contributed by atoms with Gasteiger partial charge in [-0.15, -0.1) is 10.2 Å². The van der Waals surface area contributed by atoms with Crippen molar-refractivity contribution in [2.45, 2.75) is 26.2 Å². The zero-order valence-electron chi connectivity index (χ0n) is 10.6. The van der Waals surface area contributed by atoms with E-state index in [4.69, 9.17) is 4.42 Å². The van der Waals surface area contributed by atoms with Gasteiger partial charge in [0.25, 0.3) is 5.89 Å². The Labute approximate surface area is 107 Å². The van der Waals surface area contributed by atoms with Crippen molar-refractivity contribution in [1.29, 1.82) is 0 Å². The van der Waals surface area contributed by atoms with Gasteiger partial charge in [-0.05, 0) is 38.1 Å². The van der Waals surface area contributed by atoms with Gasteiger partial charge in [0, 0.05) is 12.6 Å². The number of hydrogen-bond donors (Lipinski definition) is 1. The Hall–Kier alpha value is -1.75. The molecule has 0 saturated heterocycles. The van der Waals surface area contributed by atoms with Crippen molar-refractivity contribution in [3.05, 3.63) is 30.3 Å². The minimum absolute atomic E-state index is 0.493. The van der Waals surface area contributed by atoms with Crippen LogP contribution >= 0.6 is 0 Å². The van der Waals surface area contributed by atoms with Gasteiger partial charge in [-0.1, -0.05) is 13.0 Å². The second-order valence-electron chi connectivity index (χ2n) is 4.07. The Bertz CT molecular complexity index is 455. The molecule has 0 radical (unpaired) electrons. The summed E-state index contributed by atoms with van der Waals surface area (Å²) in [6.45, 7) is 4.20. The highest BCUT2D eigenvalue weighted by atomic mass is 16.4. The first-order chi connectivity index (χ1) is 8.90. The van der Waals surface area contributed by atoms with E-state index in [2.05, 4.69) is 27.4 Å². The van der Waals surface area contributed by atoms with Crippen molar-refractivity contribution >= 4 is 0 Å². The van der Waals surface area contributed by atoms with Gasteiger partial charge in [0.2, 0.25) is 5.89 Å². The van der Waals surface area contributed by atoms with Gasteiger partial charge in [-0.25, -0.2) is 0 Å². The van der Waals surface area contributed by atoms with Crippen LogP contribution in [0.15, 0.2) is 28.8 Å². The first kappa shape index (κ1) is 12.7. The molecule has 0 amide bonds. The Morgan fingerprint density at radius 1 is 1.22 bits per heavy atom. The van der Waals surface area contributed by atoms with E-state index in [9.17, 15) is 0 Å². The normalized spacial score (nSPS) is 10.7. The number of nitrogens with one attached hydrogen (secondary N) is 1. The maximum Gasteiger partial charge on any atom is 0.266 e. The summed E-state index contributed by atoms with van der Waals surface area (Å²) in [7, 11) is 0. The summed E-state index contributed by atoms with van der Waals surface area (Å²) in [5, 5.41) is 11.4. The molecule has 5 heteroatoms. The van der Waals surface area contributed by atoms with Gasteiger partial charge in [0.15, 0.2) is 0 Å². The molecule has 0 aliphatic rings. The van der Waals surface area contributed by atoms with Crippen LogP contribution in [0.3, 0.4) is 0 Å². The van der Waals surface area contributed by atoms with E-state index in [1.807, 2.05) is 18.2 Å². The molecule has 0 spiro atoms. The quantitative estimate of drug-likeness (QED) is 0.758. The van der Waals surface area contributed by atoms with Crippen LogP contribution in [0.25, 0.3) is 11.6 Å². The average molecular weight is 246 g/mol. The monoisotopic (exact) mass is 246 g/mol. The number of aromatic nitrogens is 3. The minimum Gasteiger partial charge on any atom is -0.419 e. The number of rotatable bonds is 7. The Morgan fingerprint density at radius 2 is 2.17 bits per heavy atom. The predicted octanol–water partition coefficient (Wildman–Crippen LogP) is 2.06. The van der Waals surface area contributed by atoms with Crippen molar-refractivity contribution in [2.24, 2.45) is 0 Å². The average Bonchev–Trinajstić information content (AvgIpc) is 2.88. The topological polar surface area (TPSA) is 63.8 Å². The van der Waals surface area contributed by atoms with Crippen molar-refractivity contribution in [3.8, 4) is 11.6 Å². The van der Waals surface area contributed by atoms with E-state index in [-0.39, 0.29) is 0 Å². The number of aryl methyl sites for hydroxylation is 1. The van der Waals surface area contributed by atoms with Gasteiger partial charge in [0.05, 0.1) is 0 Å². The SMILES string of the molecule is CCCNCCCc1nnc(-c2ccccn2)o1. The third kappa shape index (κ3) is 3.63. The maximum atomic E-state index is 5.56. The molecule has 0 aliphatic carbocycles. The van der Waals surface area contributed by atoms with Crippen LogP contribution in [-0.2, 0) is 6.42 Å². The first-order valence-corrected chi connectivity index (χ1v) is 6.34. The van der Waals surface area contributed by atoms with Gasteiger partial charge in [-0.2, -0.15) is 0 Å². The lowest BCUT2D eigenvalue weighted by Crippen LogP contribution is -2.16. The van der Waals surface area contributed by atoms with Gasteiger partial charge < -0.3 is 9.73 Å². The van der Waals surface area contributed by atoms with E-state index in [1.165, 1.54) is 0 Å². The van der Waals surface area contributed by atoms with Gasteiger partial charge in [0.1, 0.15) is 5.69 Å². The second-order valence-corrected chi connectivity index (χ2v) is 4.07. The Morgan fingerprint density at radius 3 is 2.94 bits per heavy atom. The van der Waals surface area contributed by atoms with Crippen molar-refractivity contribution in [1.82, 2.24) is 20.5 Å². The maximum absolute atomic E-state index is 5.56. The molecule has 0 bridgehead atoms. The molecule has 2 rings (SSSR count). The molecule has 96 valence electrons. The minimum atomic E-state index is 0.493. The second kappa shape index (κ2) is 6.86. The lowest BCUT2D eigenvalue weighted by atomic mass is 10.3. The third-order valence-corrected chi connectivity index (χ3v) is 2.52. The zero-order valence-corrected chi connectivity index (χ0v) is 10.6. The van der Waals surface area contributed by atoms with Crippen molar-refractivity contribution in [2.75, 3.05) is 13.1 Å². The van der Waals surface area contributed by atoms with Crippen LogP contribution < -0.4 is 5.32 Å². The molecule has 0 atom stereocenters. The summed E-state index contributed by atoms with van der Waals surface area (Å²) in [4.78, 5) is 4.17. The largest absolute Gasteiger partial charge is 0.419 e. The van der Waals surface area contributed by atoms with E-state index in [0.717, 1.165) is 38.0 Å². The van der Waals surface area contributed by atoms with E-state index >= 15 is 0 Å². The zero-order chi connectivity index (χ0) is 12.6.